The van der Waals surface area contributed by atoms with E-state index in [-0.39, 0.29) is 24.3 Å². The molecule has 4 amide bonds. The van der Waals surface area contributed by atoms with Gasteiger partial charge < -0.3 is 19.9 Å². The number of carbonyl (C=O) groups excluding carboxylic acids is 3. The third kappa shape index (κ3) is 3.67. The summed E-state index contributed by atoms with van der Waals surface area (Å²) in [5.74, 6) is -0.0824. The lowest BCUT2D eigenvalue weighted by molar-refractivity contribution is -0.136. The molecule has 1 saturated heterocycles. The Bertz CT molecular complexity index is 920. The Morgan fingerprint density at radius 3 is 2.63 bits per heavy atom. The van der Waals surface area contributed by atoms with Crippen LogP contribution in [0.4, 0.5) is 4.79 Å². The third-order valence-corrected chi connectivity index (χ3v) is 6.13. The largest absolute Gasteiger partial charge is 0.378 e. The molecule has 1 aromatic rings. The van der Waals surface area contributed by atoms with Crippen molar-refractivity contribution in [2.75, 3.05) is 46.4 Å². The molecule has 1 fully saturated rings. The first-order chi connectivity index (χ1) is 14.4. The monoisotopic (exact) mass is 412 g/mol. The number of rotatable bonds is 4. The van der Waals surface area contributed by atoms with Crippen LogP contribution in [-0.4, -0.2) is 79.0 Å². The molecule has 160 valence electrons. The number of amides is 4. The summed E-state index contributed by atoms with van der Waals surface area (Å²) in [4.78, 5) is 43.3. The second kappa shape index (κ2) is 8.10. The minimum atomic E-state index is -0.475. The predicted molar refractivity (Wildman–Crippen MR) is 111 cm³/mol. The molecule has 0 bridgehead atoms. The van der Waals surface area contributed by atoms with Crippen LogP contribution in [0.5, 0.6) is 0 Å². The van der Waals surface area contributed by atoms with Crippen LogP contribution in [0.1, 0.15) is 29.2 Å². The lowest BCUT2D eigenvalue weighted by Crippen LogP contribution is -2.45. The van der Waals surface area contributed by atoms with Gasteiger partial charge in [0.05, 0.1) is 37.1 Å². The Labute approximate surface area is 176 Å². The van der Waals surface area contributed by atoms with E-state index < -0.39 is 6.04 Å². The van der Waals surface area contributed by atoms with Gasteiger partial charge in [-0.1, -0.05) is 23.8 Å². The van der Waals surface area contributed by atoms with Gasteiger partial charge in [-0.15, -0.1) is 0 Å². The first-order valence-corrected chi connectivity index (χ1v) is 10.4. The molecule has 0 saturated carbocycles. The topological polar surface area (TPSA) is 82.2 Å². The van der Waals surface area contributed by atoms with E-state index in [2.05, 4.69) is 11.4 Å². The lowest BCUT2D eigenvalue weighted by atomic mass is 9.91. The van der Waals surface area contributed by atoms with Gasteiger partial charge in [-0.2, -0.15) is 0 Å². The fraction of sp³-hybridized carbons (Fsp3) is 0.500. The van der Waals surface area contributed by atoms with E-state index in [0.29, 0.717) is 50.7 Å². The molecular formula is C22H28N4O4. The Morgan fingerprint density at radius 1 is 1.20 bits per heavy atom. The first kappa shape index (κ1) is 20.4. The summed E-state index contributed by atoms with van der Waals surface area (Å²) in [5.41, 5.74) is 4.40. The molecule has 4 rings (SSSR count). The smallest absolute Gasteiger partial charge is 0.322 e. The molecule has 3 heterocycles. The summed E-state index contributed by atoms with van der Waals surface area (Å²) in [7, 11) is 1.68. The number of nitrogens with one attached hydrogen (secondary N) is 1. The SMILES string of the molecule is Cc1ccc(C2NC(=O)N(C)C3=C2C(=O)N(CCC(=O)N2CCOCC2)C3)c(C)c1. The first-order valence-electron chi connectivity index (χ1n) is 10.4. The molecule has 8 nitrogen and oxygen atoms in total. The molecule has 1 aromatic carbocycles. The van der Waals surface area contributed by atoms with Crippen molar-refractivity contribution in [1.29, 1.82) is 0 Å². The number of hydrogen-bond donors (Lipinski definition) is 1. The van der Waals surface area contributed by atoms with Crippen LogP contribution in [0.15, 0.2) is 29.5 Å². The zero-order valence-corrected chi connectivity index (χ0v) is 17.7. The highest BCUT2D eigenvalue weighted by molar-refractivity contribution is 6.01. The van der Waals surface area contributed by atoms with Crippen LogP contribution in [0.2, 0.25) is 0 Å². The minimum absolute atomic E-state index is 0.0319. The maximum Gasteiger partial charge on any atom is 0.322 e. The number of ether oxygens (including phenoxy) is 1. The Kier molecular flexibility index (Phi) is 5.51. The number of carbonyl (C=O) groups is 3. The Hall–Kier alpha value is -2.87. The van der Waals surface area contributed by atoms with Gasteiger partial charge in [-0.3, -0.25) is 14.5 Å². The number of urea groups is 1. The lowest BCUT2D eigenvalue weighted by Gasteiger charge is -2.31. The quantitative estimate of drug-likeness (QED) is 0.809. The van der Waals surface area contributed by atoms with E-state index in [1.165, 1.54) is 4.90 Å². The van der Waals surface area contributed by atoms with Crippen molar-refractivity contribution in [3.8, 4) is 0 Å². The van der Waals surface area contributed by atoms with Crippen molar-refractivity contribution in [2.24, 2.45) is 0 Å². The number of likely N-dealkylation sites (N-methyl/N-ethyl adjacent to an activating group) is 1. The molecule has 0 spiro atoms. The molecule has 1 unspecified atom stereocenters. The highest BCUT2D eigenvalue weighted by atomic mass is 16.5. The molecule has 0 aliphatic carbocycles. The van der Waals surface area contributed by atoms with Crippen LogP contribution in [0.3, 0.4) is 0 Å². The van der Waals surface area contributed by atoms with Gasteiger partial charge in [0.15, 0.2) is 0 Å². The molecule has 3 aliphatic rings. The van der Waals surface area contributed by atoms with Crippen LogP contribution in [-0.2, 0) is 14.3 Å². The van der Waals surface area contributed by atoms with Gasteiger partial charge >= 0.3 is 6.03 Å². The van der Waals surface area contributed by atoms with Crippen molar-refractivity contribution >= 4 is 17.8 Å². The van der Waals surface area contributed by atoms with Gasteiger partial charge in [0.1, 0.15) is 0 Å². The standard InChI is InChI=1S/C22H28N4O4/c1-14-4-5-16(15(2)12-14)20-19-17(24(3)22(29)23-20)13-26(21(19)28)7-6-18(27)25-8-10-30-11-9-25/h4-5,12,20H,6-11,13H2,1-3H3,(H,23,29). The predicted octanol–water partition coefficient (Wildman–Crippen LogP) is 1.34. The number of benzene rings is 1. The van der Waals surface area contributed by atoms with E-state index in [4.69, 9.17) is 4.74 Å². The molecule has 0 radical (unpaired) electrons. The molecule has 3 aliphatic heterocycles. The third-order valence-electron chi connectivity index (χ3n) is 6.13. The van der Waals surface area contributed by atoms with Crippen molar-refractivity contribution in [2.45, 2.75) is 26.3 Å². The zero-order valence-electron chi connectivity index (χ0n) is 17.7. The summed E-state index contributed by atoms with van der Waals surface area (Å²) in [5, 5.41) is 2.97. The van der Waals surface area contributed by atoms with Crippen LogP contribution in [0, 0.1) is 13.8 Å². The average molecular weight is 412 g/mol. The summed E-state index contributed by atoms with van der Waals surface area (Å²) < 4.78 is 5.29. The van der Waals surface area contributed by atoms with Crippen LogP contribution < -0.4 is 5.32 Å². The molecule has 0 aromatic heterocycles. The molecule has 30 heavy (non-hydrogen) atoms. The number of morpholine rings is 1. The van der Waals surface area contributed by atoms with Crippen molar-refractivity contribution < 1.29 is 19.1 Å². The van der Waals surface area contributed by atoms with E-state index in [0.717, 1.165) is 16.7 Å². The highest BCUT2D eigenvalue weighted by Crippen LogP contribution is 2.36. The Balaban J connectivity index is 1.53. The molecular weight excluding hydrogens is 384 g/mol. The summed E-state index contributed by atoms with van der Waals surface area (Å²) in [6.45, 7) is 6.99. The summed E-state index contributed by atoms with van der Waals surface area (Å²) >= 11 is 0. The van der Waals surface area contributed by atoms with Crippen molar-refractivity contribution in [3.05, 3.63) is 46.2 Å². The van der Waals surface area contributed by atoms with E-state index >= 15 is 0 Å². The second-order valence-electron chi connectivity index (χ2n) is 8.13. The fourth-order valence-corrected chi connectivity index (χ4v) is 4.39. The Morgan fingerprint density at radius 2 is 1.93 bits per heavy atom. The highest BCUT2D eigenvalue weighted by Gasteiger charge is 2.43. The van der Waals surface area contributed by atoms with Gasteiger partial charge in [0, 0.05) is 33.1 Å². The van der Waals surface area contributed by atoms with E-state index in [9.17, 15) is 14.4 Å². The average Bonchev–Trinajstić information content (AvgIpc) is 3.06. The van der Waals surface area contributed by atoms with Gasteiger partial charge in [0.2, 0.25) is 5.91 Å². The van der Waals surface area contributed by atoms with Gasteiger partial charge in [-0.05, 0) is 25.0 Å². The number of nitrogens with zero attached hydrogens (tertiary/aromatic N) is 3. The summed E-state index contributed by atoms with van der Waals surface area (Å²) in [6.07, 6.45) is 0.269. The minimum Gasteiger partial charge on any atom is -0.378 e. The normalized spacial score (nSPS) is 21.8. The van der Waals surface area contributed by atoms with Gasteiger partial charge in [-0.25, -0.2) is 4.79 Å². The van der Waals surface area contributed by atoms with E-state index in [1.807, 2.05) is 26.0 Å². The molecule has 8 heteroatoms. The second-order valence-corrected chi connectivity index (χ2v) is 8.13. The van der Waals surface area contributed by atoms with Crippen molar-refractivity contribution in [3.63, 3.8) is 0 Å². The molecule has 1 atom stereocenters. The fourth-order valence-electron chi connectivity index (χ4n) is 4.39. The van der Waals surface area contributed by atoms with Crippen LogP contribution >= 0.6 is 0 Å². The number of hydrogen-bond acceptors (Lipinski definition) is 4. The van der Waals surface area contributed by atoms with Gasteiger partial charge in [0.25, 0.3) is 5.91 Å². The number of aryl methyl sites for hydroxylation is 2. The van der Waals surface area contributed by atoms with Crippen LogP contribution in [0.25, 0.3) is 0 Å². The maximum atomic E-state index is 13.3. The van der Waals surface area contributed by atoms with Crippen molar-refractivity contribution in [1.82, 2.24) is 20.0 Å². The van der Waals surface area contributed by atoms with E-state index in [1.54, 1.807) is 16.8 Å². The summed E-state index contributed by atoms with van der Waals surface area (Å²) in [6, 6.07) is 5.32. The zero-order chi connectivity index (χ0) is 21.4. The molecule has 1 N–H and O–H groups in total. The maximum absolute atomic E-state index is 13.3.